The van der Waals surface area contributed by atoms with E-state index in [1.807, 2.05) is 0 Å². The molecule has 2 heterocycles. The number of carbonyl (C=O) groups is 3. The number of anilines is 1. The number of halogens is 6. The first-order valence-corrected chi connectivity index (χ1v) is 13.3. The lowest BCUT2D eigenvalue weighted by molar-refractivity contribution is -0.137. The SMILES string of the molecule is O=C(Nc1cc(-c2cccc3c2CCNC3=O)cc2c1C(c1cc(F)ccc1Cl)NC2=O)c1cc(F)cc(C(F)(F)F)c1. The molecule has 12 heteroatoms. The average Bonchev–Trinajstić information content (AvgIpc) is 3.29. The number of nitrogens with one attached hydrogen (secondary N) is 3. The van der Waals surface area contributed by atoms with Crippen LogP contribution in [0.2, 0.25) is 5.02 Å². The molecule has 43 heavy (non-hydrogen) atoms. The lowest BCUT2D eigenvalue weighted by Crippen LogP contribution is -2.32. The van der Waals surface area contributed by atoms with Crippen LogP contribution >= 0.6 is 11.6 Å². The normalized spacial score (nSPS) is 15.8. The van der Waals surface area contributed by atoms with E-state index in [4.69, 9.17) is 11.6 Å². The summed E-state index contributed by atoms with van der Waals surface area (Å²) in [4.78, 5) is 39.1. The van der Waals surface area contributed by atoms with E-state index in [-0.39, 0.29) is 39.4 Å². The minimum Gasteiger partial charge on any atom is -0.352 e. The van der Waals surface area contributed by atoms with Crippen molar-refractivity contribution in [2.75, 3.05) is 11.9 Å². The second-order valence-corrected chi connectivity index (χ2v) is 10.5. The zero-order valence-electron chi connectivity index (χ0n) is 21.8. The molecule has 4 aromatic carbocycles. The molecule has 1 unspecified atom stereocenters. The van der Waals surface area contributed by atoms with E-state index in [1.54, 1.807) is 24.3 Å². The second-order valence-electron chi connectivity index (χ2n) is 10.1. The van der Waals surface area contributed by atoms with Crippen molar-refractivity contribution in [3.05, 3.63) is 122 Å². The molecule has 0 aliphatic carbocycles. The number of hydrogen-bond acceptors (Lipinski definition) is 3. The third-order valence-electron chi connectivity index (χ3n) is 7.39. The van der Waals surface area contributed by atoms with Gasteiger partial charge in [0.1, 0.15) is 11.6 Å². The summed E-state index contributed by atoms with van der Waals surface area (Å²) < 4.78 is 68.5. The van der Waals surface area contributed by atoms with Gasteiger partial charge in [0.2, 0.25) is 0 Å². The van der Waals surface area contributed by atoms with Crippen molar-refractivity contribution in [1.82, 2.24) is 10.6 Å². The van der Waals surface area contributed by atoms with Crippen molar-refractivity contribution < 1.29 is 36.3 Å². The van der Waals surface area contributed by atoms with Crippen molar-refractivity contribution in [3.8, 4) is 11.1 Å². The van der Waals surface area contributed by atoms with Gasteiger partial charge >= 0.3 is 6.18 Å². The van der Waals surface area contributed by atoms with Gasteiger partial charge in [-0.2, -0.15) is 13.2 Å². The number of rotatable bonds is 4. The molecule has 0 saturated heterocycles. The molecule has 0 bridgehead atoms. The molecule has 2 aliphatic heterocycles. The highest BCUT2D eigenvalue weighted by Crippen LogP contribution is 2.43. The van der Waals surface area contributed by atoms with E-state index >= 15 is 0 Å². The summed E-state index contributed by atoms with van der Waals surface area (Å²) in [7, 11) is 0. The van der Waals surface area contributed by atoms with Crippen molar-refractivity contribution in [1.29, 1.82) is 0 Å². The Labute approximate surface area is 245 Å². The number of hydrogen-bond donors (Lipinski definition) is 3. The van der Waals surface area contributed by atoms with Gasteiger partial charge in [-0.3, -0.25) is 14.4 Å². The molecule has 6 rings (SSSR count). The predicted octanol–water partition coefficient (Wildman–Crippen LogP) is 6.68. The van der Waals surface area contributed by atoms with Crippen LogP contribution in [-0.2, 0) is 12.6 Å². The first kappa shape index (κ1) is 28.4. The molecule has 0 saturated carbocycles. The Morgan fingerprint density at radius 2 is 1.65 bits per heavy atom. The Kier molecular flexibility index (Phi) is 6.92. The first-order valence-electron chi connectivity index (χ1n) is 12.9. The largest absolute Gasteiger partial charge is 0.416 e. The standard InChI is InChI=1S/C31H19ClF5N3O3/c32-24-5-4-17(33)13-22(24)27-26-23(30(43)40-27)10-14(19-2-1-3-21-20(19)6-7-38-29(21)42)11-25(26)39-28(41)15-8-16(31(35,36)37)12-18(34)9-15/h1-5,8-13,27H,6-7H2,(H,38,42)(H,39,41)(H,40,43). The molecule has 3 N–H and O–H groups in total. The number of fused-ring (bicyclic) bond motifs is 2. The highest BCUT2D eigenvalue weighted by molar-refractivity contribution is 6.31. The van der Waals surface area contributed by atoms with Gasteiger partial charge in [-0.15, -0.1) is 0 Å². The smallest absolute Gasteiger partial charge is 0.352 e. The molecule has 0 spiro atoms. The summed E-state index contributed by atoms with van der Waals surface area (Å²) >= 11 is 6.35. The molecule has 2 aliphatic rings. The number of benzene rings is 4. The maximum Gasteiger partial charge on any atom is 0.416 e. The van der Waals surface area contributed by atoms with Crippen LogP contribution in [0.25, 0.3) is 11.1 Å². The Bertz CT molecular complexity index is 1860. The molecule has 1 atom stereocenters. The summed E-state index contributed by atoms with van der Waals surface area (Å²) in [6.07, 6.45) is -4.43. The van der Waals surface area contributed by atoms with Crippen LogP contribution in [0.4, 0.5) is 27.6 Å². The molecule has 3 amide bonds. The summed E-state index contributed by atoms with van der Waals surface area (Å²) in [5.74, 6) is -3.84. The molecule has 4 aromatic rings. The molecular formula is C31H19ClF5N3O3. The molecule has 218 valence electrons. The topological polar surface area (TPSA) is 87.3 Å². The fourth-order valence-corrected chi connectivity index (χ4v) is 5.70. The Morgan fingerprint density at radius 1 is 0.884 bits per heavy atom. The van der Waals surface area contributed by atoms with Crippen LogP contribution in [0, 0.1) is 11.6 Å². The number of amides is 3. The Hall–Kier alpha value is -4.77. The van der Waals surface area contributed by atoms with Gasteiger partial charge in [0.15, 0.2) is 0 Å². The van der Waals surface area contributed by atoms with Crippen LogP contribution in [0.15, 0.2) is 66.7 Å². The number of carbonyl (C=O) groups excluding carboxylic acids is 3. The zero-order valence-corrected chi connectivity index (χ0v) is 22.6. The van der Waals surface area contributed by atoms with E-state index in [2.05, 4.69) is 16.0 Å². The minimum absolute atomic E-state index is 0.00291. The van der Waals surface area contributed by atoms with E-state index in [0.717, 1.165) is 12.1 Å². The van der Waals surface area contributed by atoms with E-state index < -0.39 is 46.8 Å². The van der Waals surface area contributed by atoms with Gasteiger partial charge in [0.25, 0.3) is 17.7 Å². The Morgan fingerprint density at radius 3 is 2.42 bits per heavy atom. The van der Waals surface area contributed by atoms with Crippen LogP contribution < -0.4 is 16.0 Å². The van der Waals surface area contributed by atoms with Gasteiger partial charge in [0, 0.05) is 45.1 Å². The van der Waals surface area contributed by atoms with Gasteiger partial charge in [0.05, 0.1) is 11.6 Å². The van der Waals surface area contributed by atoms with Gasteiger partial charge in [-0.1, -0.05) is 23.7 Å². The summed E-state index contributed by atoms with van der Waals surface area (Å²) in [5, 5.41) is 8.14. The summed E-state index contributed by atoms with van der Waals surface area (Å²) in [6, 6.07) is 12.1. The molecule has 0 fully saturated rings. The molecular weight excluding hydrogens is 593 g/mol. The fourth-order valence-electron chi connectivity index (χ4n) is 5.48. The van der Waals surface area contributed by atoms with Gasteiger partial charge < -0.3 is 16.0 Å². The predicted molar refractivity (Wildman–Crippen MR) is 148 cm³/mol. The lowest BCUT2D eigenvalue weighted by Gasteiger charge is -2.22. The van der Waals surface area contributed by atoms with Crippen molar-refractivity contribution >= 4 is 35.0 Å². The Balaban J connectivity index is 1.53. The van der Waals surface area contributed by atoms with Crippen LogP contribution in [-0.4, -0.2) is 24.3 Å². The van der Waals surface area contributed by atoms with Crippen molar-refractivity contribution in [2.45, 2.75) is 18.6 Å². The number of alkyl halides is 3. The second kappa shape index (κ2) is 10.5. The van der Waals surface area contributed by atoms with Crippen LogP contribution in [0.5, 0.6) is 0 Å². The summed E-state index contributed by atoms with van der Waals surface area (Å²) in [6.45, 7) is 0.374. The average molecular weight is 612 g/mol. The fraction of sp³-hybridized carbons (Fsp3) is 0.129. The lowest BCUT2D eigenvalue weighted by atomic mass is 9.88. The first-order chi connectivity index (χ1) is 20.4. The van der Waals surface area contributed by atoms with Gasteiger partial charge in [-0.05, 0) is 77.7 Å². The summed E-state index contributed by atoms with van der Waals surface area (Å²) in [5.41, 5.74) is 0.635. The molecule has 0 radical (unpaired) electrons. The monoisotopic (exact) mass is 611 g/mol. The highest BCUT2D eigenvalue weighted by Gasteiger charge is 2.36. The van der Waals surface area contributed by atoms with Crippen LogP contribution in [0.1, 0.15) is 59.4 Å². The minimum atomic E-state index is -4.91. The van der Waals surface area contributed by atoms with Crippen molar-refractivity contribution in [2.24, 2.45) is 0 Å². The molecule has 6 nitrogen and oxygen atoms in total. The zero-order chi connectivity index (χ0) is 30.6. The quantitative estimate of drug-likeness (QED) is 0.225. The van der Waals surface area contributed by atoms with Gasteiger partial charge in [-0.25, -0.2) is 8.78 Å². The maximum absolute atomic E-state index is 14.3. The van der Waals surface area contributed by atoms with E-state index in [0.29, 0.717) is 47.4 Å². The van der Waals surface area contributed by atoms with E-state index in [1.165, 1.54) is 12.1 Å². The van der Waals surface area contributed by atoms with Crippen LogP contribution in [0.3, 0.4) is 0 Å². The van der Waals surface area contributed by atoms with Crippen molar-refractivity contribution in [3.63, 3.8) is 0 Å². The van der Waals surface area contributed by atoms with E-state index in [9.17, 15) is 36.3 Å². The third-order valence-corrected chi connectivity index (χ3v) is 7.73. The molecule has 0 aromatic heterocycles. The third kappa shape index (κ3) is 5.20. The highest BCUT2D eigenvalue weighted by atomic mass is 35.5. The maximum atomic E-state index is 14.3.